The summed E-state index contributed by atoms with van der Waals surface area (Å²) in [5.41, 5.74) is 1.50. The summed E-state index contributed by atoms with van der Waals surface area (Å²) in [7, 11) is 0. The van der Waals surface area contributed by atoms with Crippen LogP contribution in [0, 0.1) is 0 Å². The molecule has 0 aromatic heterocycles. The van der Waals surface area contributed by atoms with Crippen molar-refractivity contribution in [3.05, 3.63) is 35.9 Å². The van der Waals surface area contributed by atoms with Gasteiger partial charge >= 0.3 is 0 Å². The molecule has 0 radical (unpaired) electrons. The Kier molecular flexibility index (Phi) is 7.10. The molecule has 2 nitrogen and oxygen atoms in total. The Balaban J connectivity index is 1.58. The van der Waals surface area contributed by atoms with Gasteiger partial charge in [-0.1, -0.05) is 43.2 Å². The minimum absolute atomic E-state index is 0.324. The molecule has 0 atom stereocenters. The largest absolute Gasteiger partial charge is 0.396 e. The first kappa shape index (κ1) is 15.5. The van der Waals surface area contributed by atoms with Crippen molar-refractivity contribution in [2.75, 3.05) is 13.2 Å². The smallest absolute Gasteiger partial charge is 0.0575 e. The van der Waals surface area contributed by atoms with E-state index in [4.69, 9.17) is 9.84 Å². The van der Waals surface area contributed by atoms with Gasteiger partial charge in [-0.25, -0.2) is 0 Å². The van der Waals surface area contributed by atoms with Gasteiger partial charge in [0.2, 0.25) is 0 Å². The van der Waals surface area contributed by atoms with Crippen molar-refractivity contribution in [1.82, 2.24) is 0 Å². The van der Waals surface area contributed by atoms with Crippen molar-refractivity contribution in [3.8, 4) is 0 Å². The van der Waals surface area contributed by atoms with Crippen LogP contribution in [0.3, 0.4) is 0 Å². The molecule has 0 aliphatic heterocycles. The van der Waals surface area contributed by atoms with Gasteiger partial charge in [0, 0.05) is 13.2 Å². The topological polar surface area (TPSA) is 29.5 Å². The van der Waals surface area contributed by atoms with Gasteiger partial charge in [-0.05, 0) is 50.0 Å². The lowest BCUT2D eigenvalue weighted by Crippen LogP contribution is -2.21. The monoisotopic (exact) mass is 276 g/mol. The van der Waals surface area contributed by atoms with Crippen LogP contribution in [0.2, 0.25) is 0 Å². The predicted molar refractivity (Wildman–Crippen MR) is 82.9 cm³/mol. The Hall–Kier alpha value is -0.860. The summed E-state index contributed by atoms with van der Waals surface area (Å²) in [5.74, 6) is 0.737. The maximum Gasteiger partial charge on any atom is 0.0575 e. The fourth-order valence-corrected chi connectivity index (χ4v) is 3.11. The maximum atomic E-state index is 8.71. The normalized spacial score (nSPS) is 22.9. The summed E-state index contributed by atoms with van der Waals surface area (Å²) >= 11 is 0. The van der Waals surface area contributed by atoms with Gasteiger partial charge in [-0.15, -0.1) is 0 Å². The minimum atomic E-state index is 0.324. The predicted octanol–water partition coefficient (Wildman–Crippen LogP) is 4.28. The van der Waals surface area contributed by atoms with E-state index in [1.165, 1.54) is 37.7 Å². The molecule has 1 aromatic carbocycles. The number of aliphatic hydroxyl groups excluding tert-OH is 1. The van der Waals surface area contributed by atoms with Crippen molar-refractivity contribution in [2.45, 2.75) is 63.4 Å². The molecule has 1 N–H and O–H groups in total. The molecule has 0 unspecified atom stereocenters. The number of aliphatic hydroxyl groups is 1. The van der Waals surface area contributed by atoms with Gasteiger partial charge in [0.1, 0.15) is 0 Å². The second-order valence-electron chi connectivity index (χ2n) is 5.89. The number of rotatable bonds is 8. The van der Waals surface area contributed by atoms with Gasteiger partial charge in [0.05, 0.1) is 6.10 Å². The summed E-state index contributed by atoms with van der Waals surface area (Å²) in [6.45, 7) is 1.22. The average molecular weight is 276 g/mol. The zero-order valence-corrected chi connectivity index (χ0v) is 12.5. The Morgan fingerprint density at radius 3 is 2.30 bits per heavy atom. The van der Waals surface area contributed by atoms with Crippen LogP contribution in [0.25, 0.3) is 0 Å². The van der Waals surface area contributed by atoms with E-state index in [1.54, 1.807) is 0 Å². The molecule has 0 saturated heterocycles. The summed E-state index contributed by atoms with van der Waals surface area (Å²) in [6.07, 6.45) is 9.79. The molecule has 1 fully saturated rings. The van der Waals surface area contributed by atoms with Crippen molar-refractivity contribution >= 4 is 0 Å². The summed E-state index contributed by atoms with van der Waals surface area (Å²) in [6, 6.07) is 10.9. The van der Waals surface area contributed by atoms with Crippen LogP contribution in [0.1, 0.15) is 62.8 Å². The van der Waals surface area contributed by atoms with Crippen LogP contribution in [0.4, 0.5) is 0 Å². The molecular formula is C18H28O2. The number of benzene rings is 1. The molecule has 112 valence electrons. The molecule has 1 aromatic rings. The highest BCUT2D eigenvalue weighted by atomic mass is 16.5. The highest BCUT2D eigenvalue weighted by Crippen LogP contribution is 2.33. The summed E-state index contributed by atoms with van der Waals surface area (Å²) in [4.78, 5) is 0. The van der Waals surface area contributed by atoms with E-state index in [9.17, 15) is 0 Å². The number of unbranched alkanes of at least 4 members (excludes halogenated alkanes) is 3. The fraction of sp³-hybridized carbons (Fsp3) is 0.667. The second kappa shape index (κ2) is 9.15. The third-order valence-corrected chi connectivity index (χ3v) is 4.35. The third kappa shape index (κ3) is 5.26. The van der Waals surface area contributed by atoms with E-state index in [0.717, 1.165) is 31.8 Å². The van der Waals surface area contributed by atoms with Gasteiger partial charge < -0.3 is 9.84 Å². The molecule has 0 heterocycles. The van der Waals surface area contributed by atoms with Gasteiger partial charge in [0.25, 0.3) is 0 Å². The number of hydrogen-bond donors (Lipinski definition) is 1. The zero-order valence-electron chi connectivity index (χ0n) is 12.5. The van der Waals surface area contributed by atoms with Crippen molar-refractivity contribution < 1.29 is 9.84 Å². The Morgan fingerprint density at radius 1 is 0.900 bits per heavy atom. The SMILES string of the molecule is OCCCCCCOC1CCC(c2ccccc2)CC1. The fourth-order valence-electron chi connectivity index (χ4n) is 3.11. The van der Waals surface area contributed by atoms with Gasteiger partial charge in [-0.3, -0.25) is 0 Å². The number of hydrogen-bond acceptors (Lipinski definition) is 2. The minimum Gasteiger partial charge on any atom is -0.396 e. The van der Waals surface area contributed by atoms with Crippen molar-refractivity contribution in [2.24, 2.45) is 0 Å². The molecular weight excluding hydrogens is 248 g/mol. The van der Waals surface area contributed by atoms with Crippen LogP contribution in [0.5, 0.6) is 0 Å². The first-order valence-corrected chi connectivity index (χ1v) is 8.17. The highest BCUT2D eigenvalue weighted by molar-refractivity contribution is 5.19. The molecule has 1 aliphatic carbocycles. The van der Waals surface area contributed by atoms with Crippen LogP contribution < -0.4 is 0 Å². The van der Waals surface area contributed by atoms with E-state index < -0.39 is 0 Å². The van der Waals surface area contributed by atoms with Crippen molar-refractivity contribution in [1.29, 1.82) is 0 Å². The first-order chi connectivity index (χ1) is 9.90. The molecule has 1 aliphatic rings. The van der Waals surface area contributed by atoms with E-state index in [0.29, 0.717) is 12.7 Å². The standard InChI is InChI=1S/C18H28O2/c19-14-6-1-2-7-15-20-18-12-10-17(11-13-18)16-8-4-3-5-9-16/h3-5,8-9,17-19H,1-2,6-7,10-15H2. The molecule has 2 rings (SSSR count). The van der Waals surface area contributed by atoms with Gasteiger partial charge in [-0.2, -0.15) is 0 Å². The van der Waals surface area contributed by atoms with Crippen LogP contribution >= 0.6 is 0 Å². The van der Waals surface area contributed by atoms with E-state index >= 15 is 0 Å². The lowest BCUT2D eigenvalue weighted by atomic mass is 9.83. The third-order valence-electron chi connectivity index (χ3n) is 4.35. The van der Waals surface area contributed by atoms with Crippen molar-refractivity contribution in [3.63, 3.8) is 0 Å². The lowest BCUT2D eigenvalue weighted by Gasteiger charge is -2.28. The quantitative estimate of drug-likeness (QED) is 0.718. The summed E-state index contributed by atoms with van der Waals surface area (Å²) < 4.78 is 5.98. The van der Waals surface area contributed by atoms with E-state index in [2.05, 4.69) is 30.3 Å². The maximum absolute atomic E-state index is 8.71. The lowest BCUT2D eigenvalue weighted by molar-refractivity contribution is 0.0225. The Labute approximate surface area is 123 Å². The van der Waals surface area contributed by atoms with Crippen LogP contribution in [-0.4, -0.2) is 24.4 Å². The molecule has 1 saturated carbocycles. The van der Waals surface area contributed by atoms with Crippen LogP contribution in [-0.2, 0) is 4.74 Å². The molecule has 0 amide bonds. The molecule has 2 heteroatoms. The average Bonchev–Trinajstić information content (AvgIpc) is 2.52. The second-order valence-corrected chi connectivity index (χ2v) is 5.89. The highest BCUT2D eigenvalue weighted by Gasteiger charge is 2.22. The Morgan fingerprint density at radius 2 is 1.60 bits per heavy atom. The molecule has 0 spiro atoms. The molecule has 20 heavy (non-hydrogen) atoms. The Bertz CT molecular complexity index is 342. The first-order valence-electron chi connectivity index (χ1n) is 8.17. The molecule has 0 bridgehead atoms. The van der Waals surface area contributed by atoms with Crippen LogP contribution in [0.15, 0.2) is 30.3 Å². The summed E-state index contributed by atoms with van der Waals surface area (Å²) in [5, 5.41) is 8.71. The number of ether oxygens (including phenoxy) is 1. The van der Waals surface area contributed by atoms with Gasteiger partial charge in [0.15, 0.2) is 0 Å². The zero-order chi connectivity index (χ0) is 14.0. The van der Waals surface area contributed by atoms with E-state index in [-0.39, 0.29) is 0 Å². The van der Waals surface area contributed by atoms with E-state index in [1.807, 2.05) is 0 Å².